The van der Waals surface area contributed by atoms with Crippen molar-refractivity contribution in [1.82, 2.24) is 10.6 Å². The molecule has 4 fully saturated rings. The van der Waals surface area contributed by atoms with Crippen LogP contribution in [0.4, 0.5) is 0 Å². The van der Waals surface area contributed by atoms with Gasteiger partial charge in [-0.05, 0) is 6.92 Å². The molecule has 0 aromatic heterocycles. The molecule has 22 nitrogen and oxygen atoms in total. The standard InChI is InChI=1S/C18H32N2O10.C14H26O10/c1-7-12(19-8(2)23)14(25)17(11(6-22)28-7)30-18-13(20-9(3)24)15(26)16(27-4)10(5-21)29-18;1-5-6(3-15)22-14(10(19)8(5)17)24-12-7(4-16)23-13(21-2)11(20)9(12)18/h7,10-18,21-22,25-26H,5-6H2,1-4H3,(H,19,23)(H,20,24);5-20H,3-4H2,1-2H3/t7-,10?,11-,12?,13?,14?,15+,16+,17+,18-;5-,6?,7+,8+,9?,10?,11?,12-,13-,14+/m01/s1. The van der Waals surface area contributed by atoms with Crippen molar-refractivity contribution in [3.05, 3.63) is 0 Å². The first-order chi connectivity index (χ1) is 25.5. The molecule has 0 radical (unpaired) electrons. The molecule has 0 bridgehead atoms. The van der Waals surface area contributed by atoms with E-state index in [4.69, 9.17) is 37.9 Å². The number of aliphatic hydroxyl groups is 10. The quantitative estimate of drug-likeness (QED) is 0.0874. The normalized spacial score (nSPS) is 45.5. The number of carbonyl (C=O) groups excluding carboxylic acids is 2. The summed E-state index contributed by atoms with van der Waals surface area (Å²) in [6.07, 6.45) is -19.7. The third-order valence-corrected chi connectivity index (χ3v) is 9.89. The molecule has 54 heavy (non-hydrogen) atoms. The number of aliphatic hydroxyl groups excluding tert-OH is 10. The molecule has 22 heteroatoms. The molecule has 0 aromatic carbocycles. The summed E-state index contributed by atoms with van der Waals surface area (Å²) in [5.41, 5.74) is 0. The van der Waals surface area contributed by atoms with Gasteiger partial charge in [0.25, 0.3) is 0 Å². The van der Waals surface area contributed by atoms with Gasteiger partial charge >= 0.3 is 0 Å². The highest BCUT2D eigenvalue weighted by Crippen LogP contribution is 2.32. The molecule has 316 valence electrons. The molecule has 4 saturated heterocycles. The zero-order valence-corrected chi connectivity index (χ0v) is 30.9. The van der Waals surface area contributed by atoms with E-state index in [0.717, 1.165) is 0 Å². The van der Waals surface area contributed by atoms with Crippen molar-refractivity contribution in [2.75, 3.05) is 40.6 Å². The number of methoxy groups -OCH3 is 2. The van der Waals surface area contributed by atoms with Crippen molar-refractivity contribution in [3.8, 4) is 0 Å². The van der Waals surface area contributed by atoms with Gasteiger partial charge in [0.1, 0.15) is 73.2 Å². The largest absolute Gasteiger partial charge is 0.394 e. The topological polar surface area (TPSA) is 334 Å². The number of ether oxygens (including phenoxy) is 8. The first-order valence-corrected chi connectivity index (χ1v) is 17.5. The van der Waals surface area contributed by atoms with Crippen LogP contribution in [-0.4, -0.2) is 220 Å². The van der Waals surface area contributed by atoms with E-state index >= 15 is 0 Å². The highest BCUT2D eigenvalue weighted by atomic mass is 16.7. The van der Waals surface area contributed by atoms with Gasteiger partial charge in [0.05, 0.1) is 50.8 Å². The second kappa shape index (κ2) is 21.1. The Morgan fingerprint density at radius 2 is 0.944 bits per heavy atom. The Balaban J connectivity index is 0.000000297. The molecule has 20 atom stereocenters. The fraction of sp³-hybridized carbons (Fsp3) is 0.938. The highest BCUT2D eigenvalue weighted by molar-refractivity contribution is 5.73. The predicted molar refractivity (Wildman–Crippen MR) is 177 cm³/mol. The number of hydrogen-bond acceptors (Lipinski definition) is 20. The predicted octanol–water partition coefficient (Wildman–Crippen LogP) is -6.85. The molecule has 4 aliphatic heterocycles. The Hall–Kier alpha value is -1.78. The molecule has 4 heterocycles. The van der Waals surface area contributed by atoms with Crippen LogP contribution in [0.1, 0.15) is 27.7 Å². The molecular weight excluding hydrogens is 732 g/mol. The van der Waals surface area contributed by atoms with Gasteiger partial charge in [0.15, 0.2) is 18.9 Å². The van der Waals surface area contributed by atoms with Crippen LogP contribution in [-0.2, 0) is 47.5 Å². The third kappa shape index (κ3) is 10.8. The minimum atomic E-state index is -1.49. The Bertz CT molecular complexity index is 1160. The van der Waals surface area contributed by atoms with Crippen molar-refractivity contribution in [1.29, 1.82) is 0 Å². The van der Waals surface area contributed by atoms with Crippen LogP contribution in [0.25, 0.3) is 0 Å². The zero-order valence-electron chi connectivity index (χ0n) is 30.9. The summed E-state index contributed by atoms with van der Waals surface area (Å²) in [4.78, 5) is 23.2. The number of carbonyl (C=O) groups is 2. The molecule has 0 saturated carbocycles. The Morgan fingerprint density at radius 3 is 1.46 bits per heavy atom. The molecule has 8 unspecified atom stereocenters. The van der Waals surface area contributed by atoms with E-state index in [-0.39, 0.29) is 5.91 Å². The molecule has 0 aromatic rings. The summed E-state index contributed by atoms with van der Waals surface area (Å²) in [6, 6.07) is -1.93. The molecular formula is C32H58N2O20. The minimum Gasteiger partial charge on any atom is -0.394 e. The van der Waals surface area contributed by atoms with Crippen molar-refractivity contribution in [2.45, 2.75) is 144 Å². The maximum absolute atomic E-state index is 11.7. The summed E-state index contributed by atoms with van der Waals surface area (Å²) in [5.74, 6) is -1.40. The van der Waals surface area contributed by atoms with E-state index in [1.165, 1.54) is 28.1 Å². The molecule has 0 spiro atoms. The average molecular weight is 791 g/mol. The number of nitrogens with one attached hydrogen (secondary N) is 2. The van der Waals surface area contributed by atoms with Crippen LogP contribution in [0.2, 0.25) is 0 Å². The van der Waals surface area contributed by atoms with E-state index in [1.807, 2.05) is 0 Å². The van der Waals surface area contributed by atoms with E-state index in [2.05, 4.69) is 10.6 Å². The molecule has 4 aliphatic rings. The number of hydrogen-bond donors (Lipinski definition) is 12. The van der Waals surface area contributed by atoms with Crippen molar-refractivity contribution in [2.24, 2.45) is 5.92 Å². The minimum absolute atomic E-state index is 0.389. The molecule has 12 N–H and O–H groups in total. The van der Waals surface area contributed by atoms with Gasteiger partial charge in [-0.1, -0.05) is 6.92 Å². The van der Waals surface area contributed by atoms with Crippen LogP contribution in [0.15, 0.2) is 0 Å². The van der Waals surface area contributed by atoms with Crippen LogP contribution in [0.5, 0.6) is 0 Å². The number of amides is 2. The summed E-state index contributed by atoms with van der Waals surface area (Å²) in [5, 5.41) is 105. The lowest BCUT2D eigenvalue weighted by atomic mass is 9.91. The lowest BCUT2D eigenvalue weighted by Gasteiger charge is -2.48. The Labute approximate surface area is 311 Å². The summed E-state index contributed by atoms with van der Waals surface area (Å²) in [7, 11) is 2.60. The van der Waals surface area contributed by atoms with E-state index in [1.54, 1.807) is 13.8 Å². The zero-order chi connectivity index (χ0) is 40.6. The SMILES string of the molecule is CO[C@@H]1C(CO)O[C@@H](O[C@H]2C(O)C(NC(C)=O)[C@H](C)O[C@H]2CO)C(NC(C)=O)[C@H]1O.CO[C@@H]1O[C@@H](CO)[C@@H](O[C@@H]2OC(CO)[C@@H](C)[C@H](O)C2O)C(O)C1O. The van der Waals surface area contributed by atoms with Gasteiger partial charge in [0, 0.05) is 34.0 Å². The van der Waals surface area contributed by atoms with E-state index < -0.39 is 155 Å². The van der Waals surface area contributed by atoms with Crippen LogP contribution < -0.4 is 10.6 Å². The Kier molecular flexibility index (Phi) is 18.2. The first kappa shape index (κ1) is 46.6. The van der Waals surface area contributed by atoms with Crippen molar-refractivity contribution >= 4 is 11.8 Å². The average Bonchev–Trinajstić information content (AvgIpc) is 3.14. The number of rotatable bonds is 12. The fourth-order valence-electron chi connectivity index (χ4n) is 6.87. The van der Waals surface area contributed by atoms with Crippen LogP contribution in [0.3, 0.4) is 0 Å². The maximum Gasteiger partial charge on any atom is 0.217 e. The van der Waals surface area contributed by atoms with Crippen molar-refractivity contribution in [3.63, 3.8) is 0 Å². The summed E-state index contributed by atoms with van der Waals surface area (Å²) in [6.45, 7) is 3.84. The highest BCUT2D eigenvalue weighted by Gasteiger charge is 2.52. The van der Waals surface area contributed by atoms with Gasteiger partial charge < -0.3 is 99.6 Å². The second-order valence-corrected chi connectivity index (χ2v) is 13.6. The van der Waals surface area contributed by atoms with Gasteiger partial charge in [-0.25, -0.2) is 0 Å². The molecule has 0 aliphatic carbocycles. The Morgan fingerprint density at radius 1 is 0.519 bits per heavy atom. The fourth-order valence-corrected chi connectivity index (χ4v) is 6.87. The monoisotopic (exact) mass is 790 g/mol. The van der Waals surface area contributed by atoms with Gasteiger partial charge in [0.2, 0.25) is 11.8 Å². The van der Waals surface area contributed by atoms with Gasteiger partial charge in [-0.15, -0.1) is 0 Å². The second-order valence-electron chi connectivity index (χ2n) is 13.6. The van der Waals surface area contributed by atoms with Crippen LogP contribution >= 0.6 is 0 Å². The van der Waals surface area contributed by atoms with E-state index in [0.29, 0.717) is 0 Å². The molecule has 2 amide bonds. The van der Waals surface area contributed by atoms with E-state index in [9.17, 15) is 60.7 Å². The maximum atomic E-state index is 11.7. The van der Waals surface area contributed by atoms with Crippen LogP contribution in [0, 0.1) is 5.92 Å². The first-order valence-electron chi connectivity index (χ1n) is 17.5. The lowest BCUT2D eigenvalue weighted by molar-refractivity contribution is -0.353. The van der Waals surface area contributed by atoms with Gasteiger partial charge in [-0.2, -0.15) is 0 Å². The molecule has 4 rings (SSSR count). The van der Waals surface area contributed by atoms with Gasteiger partial charge in [-0.3, -0.25) is 9.59 Å². The van der Waals surface area contributed by atoms with Crippen molar-refractivity contribution < 1.29 is 98.5 Å². The lowest BCUT2D eigenvalue weighted by Crippen LogP contribution is -2.69. The smallest absolute Gasteiger partial charge is 0.217 e. The third-order valence-electron chi connectivity index (χ3n) is 9.89. The summed E-state index contributed by atoms with van der Waals surface area (Å²) < 4.78 is 43.5. The summed E-state index contributed by atoms with van der Waals surface area (Å²) >= 11 is 0.